The van der Waals surface area contributed by atoms with Crippen molar-refractivity contribution in [3.05, 3.63) is 65.6 Å². The molecule has 0 saturated heterocycles. The van der Waals surface area contributed by atoms with Crippen LogP contribution in [0.3, 0.4) is 0 Å². The molecular formula is C18H19N5O. The van der Waals surface area contributed by atoms with Crippen LogP contribution in [0.4, 0.5) is 5.82 Å². The highest BCUT2D eigenvalue weighted by atomic mass is 16.5. The first-order valence-electron chi connectivity index (χ1n) is 7.93. The van der Waals surface area contributed by atoms with Gasteiger partial charge in [0.15, 0.2) is 0 Å². The molecule has 24 heavy (non-hydrogen) atoms. The zero-order valence-corrected chi connectivity index (χ0v) is 13.8. The second-order valence-electron chi connectivity index (χ2n) is 6.01. The van der Waals surface area contributed by atoms with E-state index in [1.165, 1.54) is 0 Å². The van der Waals surface area contributed by atoms with Crippen molar-refractivity contribution in [2.75, 3.05) is 11.9 Å². The zero-order chi connectivity index (χ0) is 16.5. The molecule has 0 atom stereocenters. The van der Waals surface area contributed by atoms with Crippen molar-refractivity contribution >= 4 is 5.82 Å². The van der Waals surface area contributed by atoms with Crippen molar-refractivity contribution in [1.82, 2.24) is 19.5 Å². The molecule has 0 amide bonds. The smallest absolute Gasteiger partial charge is 0.136 e. The quantitative estimate of drug-likeness (QED) is 0.741. The van der Waals surface area contributed by atoms with E-state index in [2.05, 4.69) is 25.9 Å². The highest BCUT2D eigenvalue weighted by Gasteiger charge is 2.21. The molecule has 0 unspecified atom stereocenters. The Kier molecular flexibility index (Phi) is 3.65. The van der Waals surface area contributed by atoms with Gasteiger partial charge in [0.1, 0.15) is 30.3 Å². The fourth-order valence-corrected chi connectivity index (χ4v) is 3.04. The predicted molar refractivity (Wildman–Crippen MR) is 90.9 cm³/mol. The van der Waals surface area contributed by atoms with Crippen LogP contribution < -0.4 is 9.64 Å². The van der Waals surface area contributed by atoms with E-state index in [9.17, 15) is 0 Å². The van der Waals surface area contributed by atoms with Gasteiger partial charge in [0, 0.05) is 38.5 Å². The van der Waals surface area contributed by atoms with E-state index in [0.717, 1.165) is 40.6 Å². The molecule has 3 heterocycles. The van der Waals surface area contributed by atoms with E-state index in [0.29, 0.717) is 13.2 Å². The fourth-order valence-electron chi connectivity index (χ4n) is 3.04. The molecule has 0 spiro atoms. The molecule has 1 aliphatic rings. The molecule has 4 rings (SSSR count). The standard InChI is InChI=1S/C18H19N5O/c1-22-8-7-19-17(22)10-23(2)18-14-9-13-5-3-4-6-16(13)24-11-15(14)20-12-21-18/h3-8,12H,9-11H2,1-2H3. The molecule has 0 fully saturated rings. The highest BCUT2D eigenvalue weighted by Crippen LogP contribution is 2.31. The SMILES string of the molecule is CN(Cc1nccn1C)c1ncnc2c1Cc1ccccc1OC2. The van der Waals surface area contributed by atoms with Crippen LogP contribution in [0.2, 0.25) is 0 Å². The van der Waals surface area contributed by atoms with Crippen LogP contribution in [0, 0.1) is 0 Å². The summed E-state index contributed by atoms with van der Waals surface area (Å²) >= 11 is 0. The van der Waals surface area contributed by atoms with Crippen molar-refractivity contribution in [3.63, 3.8) is 0 Å². The van der Waals surface area contributed by atoms with Gasteiger partial charge < -0.3 is 14.2 Å². The summed E-state index contributed by atoms with van der Waals surface area (Å²) in [5.41, 5.74) is 3.24. The zero-order valence-electron chi connectivity index (χ0n) is 13.8. The third kappa shape index (κ3) is 2.60. The molecule has 0 N–H and O–H groups in total. The number of para-hydroxylation sites is 1. The van der Waals surface area contributed by atoms with Crippen LogP contribution in [0.5, 0.6) is 5.75 Å². The average Bonchev–Trinajstić information content (AvgIpc) is 2.89. The third-order valence-electron chi connectivity index (χ3n) is 4.38. The number of rotatable bonds is 3. The molecule has 2 aromatic heterocycles. The first-order chi connectivity index (χ1) is 11.7. The Morgan fingerprint density at radius 1 is 1.21 bits per heavy atom. The summed E-state index contributed by atoms with van der Waals surface area (Å²) in [6, 6.07) is 8.13. The number of benzene rings is 1. The van der Waals surface area contributed by atoms with E-state index in [-0.39, 0.29) is 0 Å². The van der Waals surface area contributed by atoms with Gasteiger partial charge in [-0.1, -0.05) is 18.2 Å². The number of hydrogen-bond acceptors (Lipinski definition) is 5. The summed E-state index contributed by atoms with van der Waals surface area (Å²) < 4.78 is 7.93. The Balaban J connectivity index is 1.70. The minimum Gasteiger partial charge on any atom is -0.487 e. The van der Waals surface area contributed by atoms with Crippen LogP contribution in [0.15, 0.2) is 43.0 Å². The minimum atomic E-state index is 0.470. The summed E-state index contributed by atoms with van der Waals surface area (Å²) in [5.74, 6) is 2.85. The van der Waals surface area contributed by atoms with Crippen molar-refractivity contribution in [2.24, 2.45) is 7.05 Å². The maximum Gasteiger partial charge on any atom is 0.136 e. The highest BCUT2D eigenvalue weighted by molar-refractivity contribution is 5.53. The molecule has 0 bridgehead atoms. The van der Waals surface area contributed by atoms with Crippen LogP contribution in [0.1, 0.15) is 22.6 Å². The molecular weight excluding hydrogens is 302 g/mol. The Bertz CT molecular complexity index is 873. The summed E-state index contributed by atoms with van der Waals surface area (Å²) in [5, 5.41) is 0. The Hall–Kier alpha value is -2.89. The van der Waals surface area contributed by atoms with E-state index >= 15 is 0 Å². The van der Waals surface area contributed by atoms with Gasteiger partial charge in [-0.15, -0.1) is 0 Å². The lowest BCUT2D eigenvalue weighted by Crippen LogP contribution is -2.22. The summed E-state index contributed by atoms with van der Waals surface area (Å²) in [6.07, 6.45) is 6.15. The van der Waals surface area contributed by atoms with Crippen LogP contribution in [-0.4, -0.2) is 26.6 Å². The lowest BCUT2D eigenvalue weighted by molar-refractivity contribution is 0.302. The first kappa shape index (κ1) is 14.7. The second-order valence-corrected chi connectivity index (χ2v) is 6.01. The molecule has 1 aromatic carbocycles. The van der Waals surface area contributed by atoms with Gasteiger partial charge in [-0.05, 0) is 11.6 Å². The number of ether oxygens (including phenoxy) is 1. The molecule has 122 valence electrons. The number of nitrogens with zero attached hydrogens (tertiary/aromatic N) is 5. The van der Waals surface area contributed by atoms with Gasteiger partial charge in [0.2, 0.25) is 0 Å². The van der Waals surface area contributed by atoms with E-state index in [1.54, 1.807) is 6.33 Å². The first-order valence-corrected chi connectivity index (χ1v) is 7.93. The maximum atomic E-state index is 5.91. The van der Waals surface area contributed by atoms with Crippen molar-refractivity contribution in [2.45, 2.75) is 19.6 Å². The summed E-state index contributed by atoms with van der Waals surface area (Å²) in [7, 11) is 4.04. The van der Waals surface area contributed by atoms with Crippen molar-refractivity contribution in [3.8, 4) is 5.75 Å². The Labute approximate surface area is 140 Å². The molecule has 3 aromatic rings. The molecule has 0 aliphatic carbocycles. The van der Waals surface area contributed by atoms with E-state index < -0.39 is 0 Å². The molecule has 0 saturated carbocycles. The third-order valence-corrected chi connectivity index (χ3v) is 4.38. The minimum absolute atomic E-state index is 0.470. The lowest BCUT2D eigenvalue weighted by atomic mass is 10.0. The number of fused-ring (bicyclic) bond motifs is 2. The maximum absolute atomic E-state index is 5.91. The molecule has 6 nitrogen and oxygen atoms in total. The van der Waals surface area contributed by atoms with E-state index in [4.69, 9.17) is 4.74 Å². The lowest BCUT2D eigenvalue weighted by Gasteiger charge is -2.21. The van der Waals surface area contributed by atoms with Gasteiger partial charge in [0.05, 0.1) is 12.2 Å². The molecule has 1 aliphatic heterocycles. The monoisotopic (exact) mass is 321 g/mol. The van der Waals surface area contributed by atoms with Crippen LogP contribution in [-0.2, 0) is 26.6 Å². The number of hydrogen-bond donors (Lipinski definition) is 0. The second kappa shape index (κ2) is 5.96. The number of aromatic nitrogens is 4. The molecule has 6 heteroatoms. The summed E-state index contributed by atoms with van der Waals surface area (Å²) in [4.78, 5) is 15.5. The number of imidazole rings is 1. The van der Waals surface area contributed by atoms with Gasteiger partial charge in [-0.2, -0.15) is 0 Å². The van der Waals surface area contributed by atoms with Crippen molar-refractivity contribution in [1.29, 1.82) is 0 Å². The summed E-state index contributed by atoms with van der Waals surface area (Å²) in [6.45, 7) is 1.16. The van der Waals surface area contributed by atoms with E-state index in [1.807, 2.05) is 49.3 Å². The predicted octanol–water partition coefficient (Wildman–Crippen LogP) is 2.33. The Morgan fingerprint density at radius 2 is 2.08 bits per heavy atom. The Morgan fingerprint density at radius 3 is 2.92 bits per heavy atom. The normalized spacial score (nSPS) is 12.8. The number of aryl methyl sites for hydroxylation is 1. The van der Waals surface area contributed by atoms with Crippen LogP contribution >= 0.6 is 0 Å². The van der Waals surface area contributed by atoms with Gasteiger partial charge in [0.25, 0.3) is 0 Å². The van der Waals surface area contributed by atoms with Gasteiger partial charge >= 0.3 is 0 Å². The topological polar surface area (TPSA) is 56.1 Å². The fraction of sp³-hybridized carbons (Fsp3) is 0.278. The average molecular weight is 321 g/mol. The van der Waals surface area contributed by atoms with Crippen molar-refractivity contribution < 1.29 is 4.74 Å². The largest absolute Gasteiger partial charge is 0.487 e. The van der Waals surface area contributed by atoms with Gasteiger partial charge in [-0.3, -0.25) is 0 Å². The van der Waals surface area contributed by atoms with Crippen LogP contribution in [0.25, 0.3) is 0 Å². The van der Waals surface area contributed by atoms with Gasteiger partial charge in [-0.25, -0.2) is 15.0 Å². The molecule has 0 radical (unpaired) electrons. The number of anilines is 1.